The third kappa shape index (κ3) is 2.88. The maximum Gasteiger partial charge on any atom is 0.132 e. The molecule has 16 heavy (non-hydrogen) atoms. The Bertz CT molecular complexity index is 470. The molecule has 2 aromatic rings. The van der Waals surface area contributed by atoms with E-state index in [0.29, 0.717) is 18.8 Å². The number of nitrogens with two attached hydrogens (primary N) is 1. The zero-order chi connectivity index (χ0) is 11.4. The van der Waals surface area contributed by atoms with E-state index in [1.807, 2.05) is 24.3 Å². The normalized spacial score (nSPS) is 10.3. The van der Waals surface area contributed by atoms with Gasteiger partial charge in [0.05, 0.1) is 22.0 Å². The molecule has 1 aromatic heterocycles. The second kappa shape index (κ2) is 5.20. The summed E-state index contributed by atoms with van der Waals surface area (Å²) in [7, 11) is 0. The molecule has 2 rings (SSSR count). The van der Waals surface area contributed by atoms with Gasteiger partial charge in [0.2, 0.25) is 0 Å². The molecule has 1 heterocycles. The molecule has 4 nitrogen and oxygen atoms in total. The van der Waals surface area contributed by atoms with Gasteiger partial charge in [0.25, 0.3) is 0 Å². The lowest BCUT2D eigenvalue weighted by Crippen LogP contribution is -2.08. The fourth-order valence-electron chi connectivity index (χ4n) is 1.31. The number of nitrogen functional groups attached to an aromatic ring is 1. The fraction of sp³-hybridized carbons (Fsp3) is 0.182. The third-order valence-corrected chi connectivity index (χ3v) is 2.96. The highest BCUT2D eigenvalue weighted by Crippen LogP contribution is 2.19. The van der Waals surface area contributed by atoms with Crippen LogP contribution >= 0.6 is 22.6 Å². The number of hydrogen-bond donors (Lipinski definition) is 1. The average molecular weight is 329 g/mol. The van der Waals surface area contributed by atoms with Crippen molar-refractivity contribution in [3.05, 3.63) is 40.2 Å². The molecule has 2 N–H and O–H groups in total. The molecule has 0 amide bonds. The highest BCUT2D eigenvalue weighted by molar-refractivity contribution is 14.1. The molecule has 0 atom stereocenters. The van der Waals surface area contributed by atoms with E-state index in [4.69, 9.17) is 10.5 Å². The Hall–Kier alpha value is -1.24. The summed E-state index contributed by atoms with van der Waals surface area (Å²) >= 11 is 2.25. The van der Waals surface area contributed by atoms with Crippen LogP contribution in [0.4, 0.5) is 5.69 Å². The van der Waals surface area contributed by atoms with Crippen LogP contribution < -0.4 is 10.5 Å². The summed E-state index contributed by atoms with van der Waals surface area (Å²) in [6.45, 7) is 1.28. The first-order valence-electron chi connectivity index (χ1n) is 4.91. The van der Waals surface area contributed by atoms with Crippen molar-refractivity contribution in [1.29, 1.82) is 0 Å². The summed E-state index contributed by atoms with van der Waals surface area (Å²) in [6, 6.07) is 7.92. The van der Waals surface area contributed by atoms with Crippen LogP contribution in [0.1, 0.15) is 0 Å². The number of nitrogens with zero attached hydrogens (tertiary/aromatic N) is 2. The molecule has 0 spiro atoms. The Labute approximate surface area is 108 Å². The lowest BCUT2D eigenvalue weighted by Gasteiger charge is -2.07. The molecule has 1 aromatic carbocycles. The van der Waals surface area contributed by atoms with Gasteiger partial charge in [-0.25, -0.2) is 0 Å². The topological polar surface area (TPSA) is 53.1 Å². The molecule has 0 unspecified atom stereocenters. The van der Waals surface area contributed by atoms with E-state index in [2.05, 4.69) is 27.7 Å². The van der Waals surface area contributed by atoms with Crippen LogP contribution in [-0.4, -0.2) is 16.4 Å². The zero-order valence-electron chi connectivity index (χ0n) is 8.64. The van der Waals surface area contributed by atoms with Gasteiger partial charge in [-0.1, -0.05) is 12.1 Å². The van der Waals surface area contributed by atoms with Gasteiger partial charge < -0.3 is 10.5 Å². The smallest absolute Gasteiger partial charge is 0.132 e. The van der Waals surface area contributed by atoms with Crippen LogP contribution in [0, 0.1) is 3.57 Å². The molecule has 84 valence electrons. The summed E-state index contributed by atoms with van der Waals surface area (Å²) in [6.07, 6.45) is 3.42. The van der Waals surface area contributed by atoms with Gasteiger partial charge in [-0.2, -0.15) is 5.10 Å². The first kappa shape index (κ1) is 11.3. The number of benzene rings is 1. The van der Waals surface area contributed by atoms with Crippen molar-refractivity contribution < 1.29 is 4.74 Å². The minimum absolute atomic E-state index is 0.584. The quantitative estimate of drug-likeness (QED) is 0.875. The molecular weight excluding hydrogens is 317 g/mol. The Kier molecular flexibility index (Phi) is 3.66. The van der Waals surface area contributed by atoms with Crippen molar-refractivity contribution in [3.8, 4) is 5.75 Å². The highest BCUT2D eigenvalue weighted by atomic mass is 127. The molecule has 0 fully saturated rings. The molecule has 0 bridgehead atoms. The maximum atomic E-state index is 5.64. The van der Waals surface area contributed by atoms with E-state index in [0.717, 1.165) is 9.32 Å². The molecule has 0 aliphatic carbocycles. The predicted molar refractivity (Wildman–Crippen MR) is 71.3 cm³/mol. The van der Waals surface area contributed by atoms with E-state index < -0.39 is 0 Å². The third-order valence-electron chi connectivity index (χ3n) is 2.07. The second-order valence-electron chi connectivity index (χ2n) is 3.32. The standard InChI is InChI=1S/C11H12IN3O/c12-10-3-1-2-4-11(10)16-6-5-15-8-9(13)7-14-15/h1-4,7-8H,5-6,13H2. The van der Waals surface area contributed by atoms with Crippen molar-refractivity contribution in [1.82, 2.24) is 9.78 Å². The van der Waals surface area contributed by atoms with Crippen LogP contribution in [0.25, 0.3) is 0 Å². The Balaban J connectivity index is 1.87. The summed E-state index contributed by atoms with van der Waals surface area (Å²) in [4.78, 5) is 0. The molecule has 0 aliphatic rings. The highest BCUT2D eigenvalue weighted by Gasteiger charge is 1.99. The fourth-order valence-corrected chi connectivity index (χ4v) is 1.86. The van der Waals surface area contributed by atoms with Gasteiger partial charge in [0, 0.05) is 6.20 Å². The summed E-state index contributed by atoms with van der Waals surface area (Å²) < 4.78 is 8.52. The minimum atomic E-state index is 0.584. The molecule has 0 aliphatic heterocycles. The van der Waals surface area contributed by atoms with E-state index in [-0.39, 0.29) is 0 Å². The first-order chi connectivity index (χ1) is 7.75. The zero-order valence-corrected chi connectivity index (χ0v) is 10.8. The van der Waals surface area contributed by atoms with Crippen molar-refractivity contribution in [2.24, 2.45) is 0 Å². The Morgan fingerprint density at radius 1 is 1.38 bits per heavy atom. The van der Waals surface area contributed by atoms with Crippen molar-refractivity contribution in [3.63, 3.8) is 0 Å². The number of hydrogen-bond acceptors (Lipinski definition) is 3. The number of aromatic nitrogens is 2. The SMILES string of the molecule is Nc1cnn(CCOc2ccccc2I)c1. The molecular formula is C11H12IN3O. The number of anilines is 1. The Morgan fingerprint density at radius 3 is 2.88 bits per heavy atom. The number of para-hydroxylation sites is 1. The first-order valence-corrected chi connectivity index (χ1v) is 5.99. The lowest BCUT2D eigenvalue weighted by atomic mass is 10.3. The molecule has 0 saturated carbocycles. The predicted octanol–water partition coefficient (Wildman–Crippen LogP) is 2.15. The van der Waals surface area contributed by atoms with Gasteiger partial charge in [-0.3, -0.25) is 4.68 Å². The van der Waals surface area contributed by atoms with E-state index >= 15 is 0 Å². The second-order valence-corrected chi connectivity index (χ2v) is 4.48. The molecule has 0 saturated heterocycles. The van der Waals surface area contributed by atoms with Gasteiger partial charge in [0.15, 0.2) is 0 Å². The van der Waals surface area contributed by atoms with Crippen LogP contribution in [-0.2, 0) is 6.54 Å². The number of rotatable bonds is 4. The number of ether oxygens (including phenoxy) is 1. The summed E-state index contributed by atoms with van der Waals surface area (Å²) in [5, 5.41) is 4.08. The largest absolute Gasteiger partial charge is 0.491 e. The van der Waals surface area contributed by atoms with E-state index in [9.17, 15) is 0 Å². The monoisotopic (exact) mass is 329 g/mol. The summed E-state index contributed by atoms with van der Waals surface area (Å²) in [5.74, 6) is 0.906. The Morgan fingerprint density at radius 2 is 2.19 bits per heavy atom. The molecule has 0 radical (unpaired) electrons. The van der Waals surface area contributed by atoms with Crippen LogP contribution in [0.3, 0.4) is 0 Å². The van der Waals surface area contributed by atoms with Crippen LogP contribution in [0.2, 0.25) is 0 Å². The minimum Gasteiger partial charge on any atom is -0.491 e. The van der Waals surface area contributed by atoms with Gasteiger partial charge >= 0.3 is 0 Å². The van der Waals surface area contributed by atoms with Crippen molar-refractivity contribution in [2.45, 2.75) is 6.54 Å². The van der Waals surface area contributed by atoms with E-state index in [1.165, 1.54) is 0 Å². The summed E-state index contributed by atoms with van der Waals surface area (Å²) in [5.41, 5.74) is 6.24. The van der Waals surface area contributed by atoms with Crippen LogP contribution in [0.15, 0.2) is 36.7 Å². The maximum absolute atomic E-state index is 5.64. The van der Waals surface area contributed by atoms with Crippen molar-refractivity contribution in [2.75, 3.05) is 12.3 Å². The van der Waals surface area contributed by atoms with Gasteiger partial charge in [0.1, 0.15) is 12.4 Å². The van der Waals surface area contributed by atoms with Gasteiger partial charge in [-0.15, -0.1) is 0 Å². The van der Waals surface area contributed by atoms with Crippen molar-refractivity contribution >= 4 is 28.3 Å². The average Bonchev–Trinajstić information content (AvgIpc) is 2.67. The molecule has 5 heteroatoms. The van der Waals surface area contributed by atoms with E-state index in [1.54, 1.807) is 17.1 Å². The van der Waals surface area contributed by atoms with Gasteiger partial charge in [-0.05, 0) is 34.7 Å². The lowest BCUT2D eigenvalue weighted by molar-refractivity contribution is 0.289. The number of halogens is 1. The van der Waals surface area contributed by atoms with Crippen LogP contribution in [0.5, 0.6) is 5.75 Å².